The van der Waals surface area contributed by atoms with Crippen molar-refractivity contribution in [1.29, 1.82) is 0 Å². The van der Waals surface area contributed by atoms with Crippen LogP contribution in [0.25, 0.3) is 11.1 Å². The molecule has 3 rings (SSSR count). The fourth-order valence-corrected chi connectivity index (χ4v) is 3.30. The third-order valence-corrected chi connectivity index (χ3v) is 5.27. The van der Waals surface area contributed by atoms with Crippen LogP contribution in [0.15, 0.2) is 60.8 Å². The Morgan fingerprint density at radius 3 is 2.42 bits per heavy atom. The van der Waals surface area contributed by atoms with Crippen LogP contribution < -0.4 is 4.74 Å². The Morgan fingerprint density at radius 1 is 1.03 bits per heavy atom. The van der Waals surface area contributed by atoms with Gasteiger partial charge in [0.15, 0.2) is 6.29 Å². The molecule has 0 aliphatic heterocycles. The summed E-state index contributed by atoms with van der Waals surface area (Å²) in [6, 6.07) is 16.1. The summed E-state index contributed by atoms with van der Waals surface area (Å²) in [7, 11) is -4.03. The molecule has 0 radical (unpaired) electrons. The average molecular weight is 456 g/mol. The molecule has 1 heterocycles. The molecule has 3 aromatic rings. The number of halogens is 1. The first-order chi connectivity index (χ1) is 14.8. The van der Waals surface area contributed by atoms with Gasteiger partial charge in [-0.05, 0) is 54.3 Å². The van der Waals surface area contributed by atoms with Crippen LogP contribution in [0.3, 0.4) is 0 Å². The number of hydrogen-bond acceptors (Lipinski definition) is 5. The van der Waals surface area contributed by atoms with Crippen molar-refractivity contribution in [2.24, 2.45) is 0 Å². The molecule has 31 heavy (non-hydrogen) atoms. The summed E-state index contributed by atoms with van der Waals surface area (Å²) < 4.78 is 35.6. The van der Waals surface area contributed by atoms with E-state index in [4.69, 9.17) is 20.9 Å². The maximum Gasteiger partial charge on any atom is 0.264 e. The van der Waals surface area contributed by atoms with Gasteiger partial charge in [-0.3, -0.25) is 9.35 Å². The maximum absolute atomic E-state index is 11.4. The molecule has 1 aromatic heterocycles. The molecule has 0 spiro atoms. The molecule has 1 N–H and O–H groups in total. The van der Waals surface area contributed by atoms with E-state index in [1.54, 1.807) is 24.4 Å². The lowest BCUT2D eigenvalue weighted by molar-refractivity contribution is 0.111. The second kappa shape index (κ2) is 10.2. The van der Waals surface area contributed by atoms with E-state index in [0.29, 0.717) is 33.9 Å². The zero-order chi connectivity index (χ0) is 22.3. The van der Waals surface area contributed by atoms with Crippen LogP contribution in [-0.4, -0.2) is 36.6 Å². The summed E-state index contributed by atoms with van der Waals surface area (Å²) in [4.78, 5) is 15.7. The highest BCUT2D eigenvalue weighted by atomic mass is 35.5. The van der Waals surface area contributed by atoms with Gasteiger partial charge >= 0.3 is 0 Å². The molecule has 0 unspecified atom stereocenters. The van der Waals surface area contributed by atoms with E-state index in [9.17, 15) is 13.2 Å². The Kier molecular flexibility index (Phi) is 7.42. The summed E-state index contributed by atoms with van der Waals surface area (Å²) in [5.74, 6) is 5.83. The van der Waals surface area contributed by atoms with E-state index in [1.165, 1.54) is 0 Å². The third kappa shape index (κ3) is 6.93. The lowest BCUT2D eigenvalue weighted by Gasteiger charge is -2.08. The number of ether oxygens (including phenoxy) is 1. The summed E-state index contributed by atoms with van der Waals surface area (Å²) in [6.07, 6.45) is 2.48. The maximum atomic E-state index is 11.4. The van der Waals surface area contributed by atoms with E-state index in [1.807, 2.05) is 36.4 Å². The lowest BCUT2D eigenvalue weighted by Crippen LogP contribution is -2.09. The minimum Gasteiger partial charge on any atom is -0.493 e. The molecule has 8 heteroatoms. The normalized spacial score (nSPS) is 10.8. The Bertz CT molecular complexity index is 1230. The van der Waals surface area contributed by atoms with E-state index in [-0.39, 0.29) is 13.0 Å². The van der Waals surface area contributed by atoms with Crippen molar-refractivity contribution >= 4 is 28.0 Å². The summed E-state index contributed by atoms with van der Waals surface area (Å²) >= 11 is 5.91. The number of hydrogen-bond donors (Lipinski definition) is 1. The van der Waals surface area contributed by atoms with Crippen LogP contribution in [-0.2, 0) is 10.1 Å². The second-order valence-corrected chi connectivity index (χ2v) is 8.56. The van der Waals surface area contributed by atoms with Crippen molar-refractivity contribution in [3.8, 4) is 28.7 Å². The van der Waals surface area contributed by atoms with Gasteiger partial charge in [0.1, 0.15) is 11.4 Å². The number of aromatic nitrogens is 1. The van der Waals surface area contributed by atoms with Gasteiger partial charge in [0, 0.05) is 22.3 Å². The van der Waals surface area contributed by atoms with Gasteiger partial charge in [-0.1, -0.05) is 35.7 Å². The minimum absolute atomic E-state index is 0.0511. The molecule has 2 aromatic carbocycles. The zero-order valence-corrected chi connectivity index (χ0v) is 17.9. The SMILES string of the molecule is O=Cc1cc(C#Cc2ccc(-c3ccc(Cl)cc3)cn2)ccc1OCCCS(=O)(=O)O. The zero-order valence-electron chi connectivity index (χ0n) is 16.3. The van der Waals surface area contributed by atoms with Crippen molar-refractivity contribution in [1.82, 2.24) is 4.98 Å². The van der Waals surface area contributed by atoms with Crippen molar-refractivity contribution in [2.75, 3.05) is 12.4 Å². The highest BCUT2D eigenvalue weighted by molar-refractivity contribution is 7.85. The van der Waals surface area contributed by atoms with Crippen molar-refractivity contribution < 1.29 is 22.5 Å². The van der Waals surface area contributed by atoms with Crippen LogP contribution in [0, 0.1) is 11.8 Å². The quantitative estimate of drug-likeness (QED) is 0.247. The molecular weight excluding hydrogens is 438 g/mol. The van der Waals surface area contributed by atoms with Gasteiger partial charge in [-0.2, -0.15) is 8.42 Å². The van der Waals surface area contributed by atoms with Crippen LogP contribution >= 0.6 is 11.6 Å². The predicted molar refractivity (Wildman–Crippen MR) is 119 cm³/mol. The van der Waals surface area contributed by atoms with Crippen molar-refractivity contribution in [3.63, 3.8) is 0 Å². The molecule has 0 fully saturated rings. The number of carbonyl (C=O) groups is 1. The number of nitrogens with zero attached hydrogens (tertiary/aromatic N) is 1. The molecule has 0 atom stereocenters. The smallest absolute Gasteiger partial charge is 0.264 e. The number of benzene rings is 2. The van der Waals surface area contributed by atoms with E-state index >= 15 is 0 Å². The Hall–Kier alpha value is -3.18. The fraction of sp³-hybridized carbons (Fsp3) is 0.130. The van der Waals surface area contributed by atoms with E-state index in [0.717, 1.165) is 11.1 Å². The van der Waals surface area contributed by atoms with E-state index < -0.39 is 15.9 Å². The number of aldehydes is 1. The van der Waals surface area contributed by atoms with Gasteiger partial charge in [-0.15, -0.1) is 0 Å². The second-order valence-electron chi connectivity index (χ2n) is 6.55. The highest BCUT2D eigenvalue weighted by Crippen LogP contribution is 2.21. The molecule has 0 amide bonds. The van der Waals surface area contributed by atoms with Gasteiger partial charge in [-0.25, -0.2) is 4.98 Å². The predicted octanol–water partition coefficient (Wildman–Crippen LogP) is 4.27. The van der Waals surface area contributed by atoms with Crippen molar-refractivity contribution in [3.05, 3.63) is 82.6 Å². The lowest BCUT2D eigenvalue weighted by atomic mass is 10.1. The standard InChI is InChI=1S/C23H18ClNO5S/c24-21-7-4-18(5-8-21)19-6-10-22(25-15-19)9-2-17-3-11-23(20(14-17)16-26)30-12-1-13-31(27,28)29/h3-8,10-11,14-16H,1,12-13H2,(H,27,28,29). The van der Waals surface area contributed by atoms with Gasteiger partial charge in [0.25, 0.3) is 10.1 Å². The van der Waals surface area contributed by atoms with Gasteiger partial charge < -0.3 is 4.74 Å². The first-order valence-corrected chi connectivity index (χ1v) is 11.2. The first-order valence-electron chi connectivity index (χ1n) is 9.25. The van der Waals surface area contributed by atoms with E-state index in [2.05, 4.69) is 16.8 Å². The molecule has 0 saturated heterocycles. The van der Waals surface area contributed by atoms with Gasteiger partial charge in [0.05, 0.1) is 17.9 Å². The van der Waals surface area contributed by atoms with Crippen LogP contribution in [0.5, 0.6) is 5.75 Å². The fourth-order valence-electron chi connectivity index (χ4n) is 2.69. The number of pyridine rings is 1. The molecule has 0 aliphatic rings. The van der Waals surface area contributed by atoms with Crippen LogP contribution in [0.4, 0.5) is 0 Å². The topological polar surface area (TPSA) is 93.6 Å². The van der Waals surface area contributed by atoms with Gasteiger partial charge in [0.2, 0.25) is 0 Å². The van der Waals surface area contributed by atoms with Crippen LogP contribution in [0.1, 0.15) is 28.0 Å². The molecule has 0 aliphatic carbocycles. The molecule has 6 nitrogen and oxygen atoms in total. The Balaban J connectivity index is 1.67. The highest BCUT2D eigenvalue weighted by Gasteiger charge is 2.07. The Labute approximate surface area is 185 Å². The Morgan fingerprint density at radius 2 is 1.77 bits per heavy atom. The number of carbonyl (C=O) groups excluding carboxylic acids is 1. The first kappa shape index (κ1) is 22.5. The average Bonchev–Trinajstić information content (AvgIpc) is 2.76. The number of rotatable bonds is 7. The minimum atomic E-state index is -4.03. The van der Waals surface area contributed by atoms with Crippen LogP contribution in [0.2, 0.25) is 5.02 Å². The summed E-state index contributed by atoms with van der Waals surface area (Å²) in [5, 5.41) is 0.670. The molecule has 158 valence electrons. The summed E-state index contributed by atoms with van der Waals surface area (Å²) in [5.41, 5.74) is 3.43. The third-order valence-electron chi connectivity index (χ3n) is 4.22. The molecule has 0 bridgehead atoms. The summed E-state index contributed by atoms with van der Waals surface area (Å²) in [6.45, 7) is 0.0511. The molecular formula is C23H18ClNO5S. The molecule has 0 saturated carbocycles. The van der Waals surface area contributed by atoms with Crippen molar-refractivity contribution in [2.45, 2.75) is 6.42 Å². The monoisotopic (exact) mass is 455 g/mol. The largest absolute Gasteiger partial charge is 0.493 e.